The van der Waals surface area contributed by atoms with Crippen LogP contribution in [0, 0.1) is 0 Å². The molecule has 0 spiro atoms. The van der Waals surface area contributed by atoms with Crippen LogP contribution in [0.25, 0.3) is 0 Å². The second kappa shape index (κ2) is 13.0. The predicted molar refractivity (Wildman–Crippen MR) is 141 cm³/mol. The lowest BCUT2D eigenvalue weighted by molar-refractivity contribution is -0.140. The van der Waals surface area contributed by atoms with Crippen molar-refractivity contribution >= 4 is 34.6 Å². The molecule has 0 bridgehead atoms. The number of aromatic nitrogens is 1. The number of hydrogen-bond acceptors (Lipinski definition) is 7. The summed E-state index contributed by atoms with van der Waals surface area (Å²) in [5.74, 6) is 0.188. The predicted octanol–water partition coefficient (Wildman–Crippen LogP) is 5.30. The SMILES string of the molecule is COC(=O)CCCCCN1CCC(c2nc(C(=O)Nc3ccccc3N3CCCCC3)cs2)CC1. The van der Waals surface area contributed by atoms with Crippen molar-refractivity contribution in [3.05, 3.63) is 40.3 Å². The molecule has 2 fully saturated rings. The van der Waals surface area contributed by atoms with E-state index in [1.807, 2.05) is 23.6 Å². The van der Waals surface area contributed by atoms with Crippen LogP contribution in [0.4, 0.5) is 11.4 Å². The van der Waals surface area contributed by atoms with Crippen LogP contribution in [-0.4, -0.2) is 61.6 Å². The van der Waals surface area contributed by atoms with Gasteiger partial charge in [0, 0.05) is 30.8 Å². The summed E-state index contributed by atoms with van der Waals surface area (Å²) in [5.41, 5.74) is 2.49. The molecule has 0 saturated carbocycles. The van der Waals surface area contributed by atoms with Crippen LogP contribution >= 0.6 is 11.3 Å². The lowest BCUT2D eigenvalue weighted by Crippen LogP contribution is -2.33. The number of unbranched alkanes of at least 4 members (excludes halogenated alkanes) is 2. The standard InChI is InChI=1S/C27H38N4O3S/c1-34-25(32)12-4-2-7-15-30-18-13-21(14-19-30)27-29-23(20-35-27)26(33)28-22-10-5-6-11-24(22)31-16-8-3-9-17-31/h5-6,10-11,20-21H,2-4,7-9,12-19H2,1H3,(H,28,33). The molecule has 0 radical (unpaired) electrons. The molecule has 0 atom stereocenters. The Labute approximate surface area is 212 Å². The number of methoxy groups -OCH3 is 1. The number of rotatable bonds is 10. The Morgan fingerprint density at radius 2 is 1.83 bits per heavy atom. The number of anilines is 2. The minimum atomic E-state index is -0.124. The topological polar surface area (TPSA) is 74.8 Å². The van der Waals surface area contributed by atoms with Crippen LogP contribution in [0.5, 0.6) is 0 Å². The molecule has 7 nitrogen and oxygen atoms in total. The summed E-state index contributed by atoms with van der Waals surface area (Å²) in [6.45, 7) is 5.29. The highest BCUT2D eigenvalue weighted by atomic mass is 32.1. The Morgan fingerprint density at radius 1 is 1.06 bits per heavy atom. The van der Waals surface area contributed by atoms with E-state index < -0.39 is 0 Å². The van der Waals surface area contributed by atoms with E-state index in [0.717, 1.165) is 81.2 Å². The Bertz CT molecular complexity index is 965. The zero-order valence-corrected chi connectivity index (χ0v) is 21.7. The molecule has 190 valence electrons. The number of piperidine rings is 2. The molecule has 2 aliphatic rings. The smallest absolute Gasteiger partial charge is 0.305 e. The molecule has 0 aliphatic carbocycles. The quantitative estimate of drug-likeness (QED) is 0.354. The fraction of sp³-hybridized carbons (Fsp3) is 0.593. The fourth-order valence-corrected chi connectivity index (χ4v) is 6.01. The summed E-state index contributed by atoms with van der Waals surface area (Å²) in [6.07, 6.45) is 9.42. The maximum atomic E-state index is 13.0. The number of benzene rings is 1. The summed E-state index contributed by atoms with van der Waals surface area (Å²) >= 11 is 1.61. The van der Waals surface area contributed by atoms with E-state index in [2.05, 4.69) is 21.2 Å². The van der Waals surface area contributed by atoms with E-state index in [0.29, 0.717) is 18.0 Å². The third-order valence-corrected chi connectivity index (χ3v) is 8.13. The number of esters is 1. The molecule has 3 heterocycles. The van der Waals surface area contributed by atoms with Gasteiger partial charge in [-0.2, -0.15) is 0 Å². The van der Waals surface area contributed by atoms with Gasteiger partial charge < -0.3 is 19.9 Å². The summed E-state index contributed by atoms with van der Waals surface area (Å²) in [4.78, 5) is 33.8. The van der Waals surface area contributed by atoms with Crippen molar-refractivity contribution in [3.63, 3.8) is 0 Å². The minimum Gasteiger partial charge on any atom is -0.469 e. The van der Waals surface area contributed by atoms with Crippen LogP contribution in [-0.2, 0) is 9.53 Å². The first-order chi connectivity index (χ1) is 17.1. The van der Waals surface area contributed by atoms with E-state index in [1.54, 1.807) is 11.3 Å². The Kier molecular flexibility index (Phi) is 9.54. The van der Waals surface area contributed by atoms with Crippen molar-refractivity contribution in [1.82, 2.24) is 9.88 Å². The molecular formula is C27H38N4O3S. The van der Waals surface area contributed by atoms with Crippen molar-refractivity contribution in [3.8, 4) is 0 Å². The summed E-state index contributed by atoms with van der Waals surface area (Å²) in [7, 11) is 1.44. The lowest BCUT2D eigenvalue weighted by atomic mass is 9.97. The van der Waals surface area contributed by atoms with Gasteiger partial charge in [-0.25, -0.2) is 4.98 Å². The monoisotopic (exact) mass is 498 g/mol. The molecule has 1 aromatic carbocycles. The van der Waals surface area contributed by atoms with Gasteiger partial charge in [0.15, 0.2) is 0 Å². The maximum absolute atomic E-state index is 13.0. The first kappa shape index (κ1) is 25.6. The number of likely N-dealkylation sites (tertiary alicyclic amines) is 1. The average molecular weight is 499 g/mol. The molecule has 2 aliphatic heterocycles. The average Bonchev–Trinajstić information content (AvgIpc) is 3.40. The number of nitrogens with zero attached hydrogens (tertiary/aromatic N) is 3. The molecule has 2 saturated heterocycles. The molecule has 4 rings (SSSR count). The van der Waals surface area contributed by atoms with Gasteiger partial charge in [-0.05, 0) is 76.7 Å². The zero-order chi connectivity index (χ0) is 24.5. The van der Waals surface area contributed by atoms with Gasteiger partial charge >= 0.3 is 5.97 Å². The number of ether oxygens (including phenoxy) is 1. The molecule has 8 heteroatoms. The van der Waals surface area contributed by atoms with Crippen molar-refractivity contribution in [2.75, 3.05) is 50.1 Å². The fourth-order valence-electron chi connectivity index (χ4n) is 5.04. The summed E-state index contributed by atoms with van der Waals surface area (Å²) in [6, 6.07) is 8.10. The highest BCUT2D eigenvalue weighted by Gasteiger charge is 2.24. The number of para-hydroxylation sites is 2. The molecule has 1 N–H and O–H groups in total. The van der Waals surface area contributed by atoms with Gasteiger partial charge in [0.25, 0.3) is 5.91 Å². The largest absolute Gasteiger partial charge is 0.469 e. The molecule has 2 aromatic rings. The molecule has 0 unspecified atom stereocenters. The van der Waals surface area contributed by atoms with E-state index in [4.69, 9.17) is 9.72 Å². The zero-order valence-electron chi connectivity index (χ0n) is 20.8. The van der Waals surface area contributed by atoms with Crippen LogP contribution in [0.2, 0.25) is 0 Å². The number of hydrogen-bond donors (Lipinski definition) is 1. The third kappa shape index (κ3) is 7.27. The molecule has 1 aromatic heterocycles. The number of thiazole rings is 1. The third-order valence-electron chi connectivity index (χ3n) is 7.12. The highest BCUT2D eigenvalue weighted by molar-refractivity contribution is 7.10. The van der Waals surface area contributed by atoms with Gasteiger partial charge in [0.2, 0.25) is 0 Å². The Morgan fingerprint density at radius 3 is 2.60 bits per heavy atom. The van der Waals surface area contributed by atoms with Gasteiger partial charge in [0.1, 0.15) is 5.69 Å². The van der Waals surface area contributed by atoms with Gasteiger partial charge in [-0.3, -0.25) is 9.59 Å². The number of carbonyl (C=O) groups is 2. The number of amides is 1. The van der Waals surface area contributed by atoms with Gasteiger partial charge in [0.05, 0.1) is 23.5 Å². The second-order valence-electron chi connectivity index (χ2n) is 9.59. The maximum Gasteiger partial charge on any atom is 0.305 e. The van der Waals surface area contributed by atoms with Gasteiger partial charge in [-0.15, -0.1) is 11.3 Å². The van der Waals surface area contributed by atoms with Crippen molar-refractivity contribution < 1.29 is 14.3 Å². The summed E-state index contributed by atoms with van der Waals surface area (Å²) in [5, 5.41) is 6.10. The van der Waals surface area contributed by atoms with Crippen molar-refractivity contribution in [2.45, 2.75) is 63.7 Å². The van der Waals surface area contributed by atoms with E-state index in [-0.39, 0.29) is 11.9 Å². The van der Waals surface area contributed by atoms with Gasteiger partial charge in [-0.1, -0.05) is 18.6 Å². The highest BCUT2D eigenvalue weighted by Crippen LogP contribution is 2.32. The first-order valence-corrected chi connectivity index (χ1v) is 13.9. The lowest BCUT2D eigenvalue weighted by Gasteiger charge is -2.31. The van der Waals surface area contributed by atoms with Crippen LogP contribution in [0.15, 0.2) is 29.6 Å². The molecule has 35 heavy (non-hydrogen) atoms. The van der Waals surface area contributed by atoms with Crippen LogP contribution in [0.3, 0.4) is 0 Å². The van der Waals surface area contributed by atoms with E-state index in [9.17, 15) is 9.59 Å². The first-order valence-electron chi connectivity index (χ1n) is 13.0. The second-order valence-corrected chi connectivity index (χ2v) is 10.5. The molecular weight excluding hydrogens is 460 g/mol. The van der Waals surface area contributed by atoms with Crippen molar-refractivity contribution in [2.24, 2.45) is 0 Å². The normalized spacial score (nSPS) is 17.3. The molecule has 1 amide bonds. The van der Waals surface area contributed by atoms with Crippen LogP contribution < -0.4 is 10.2 Å². The van der Waals surface area contributed by atoms with E-state index in [1.165, 1.54) is 26.4 Å². The number of carbonyl (C=O) groups excluding carboxylic acids is 2. The summed E-state index contributed by atoms with van der Waals surface area (Å²) < 4.78 is 4.70. The Balaban J connectivity index is 1.24. The van der Waals surface area contributed by atoms with E-state index >= 15 is 0 Å². The minimum absolute atomic E-state index is 0.117. The van der Waals surface area contributed by atoms with Crippen molar-refractivity contribution in [1.29, 1.82) is 0 Å². The Hall–Kier alpha value is -2.45. The number of nitrogens with one attached hydrogen (secondary N) is 1. The van der Waals surface area contributed by atoms with Crippen LogP contribution in [0.1, 0.15) is 79.2 Å².